The van der Waals surface area contributed by atoms with E-state index in [0.29, 0.717) is 19.1 Å². The summed E-state index contributed by atoms with van der Waals surface area (Å²) in [5.74, 6) is 0.105. The number of amides is 1. The molecule has 9 heteroatoms. The third-order valence-electron chi connectivity index (χ3n) is 6.16. The summed E-state index contributed by atoms with van der Waals surface area (Å²) < 4.78 is 5.81. The molecule has 5 heterocycles. The molecule has 1 aliphatic heterocycles. The Morgan fingerprint density at radius 2 is 1.84 bits per heavy atom. The van der Waals surface area contributed by atoms with E-state index < -0.39 is 0 Å². The first kappa shape index (κ1) is 19.5. The summed E-state index contributed by atoms with van der Waals surface area (Å²) in [6.45, 7) is 7.35. The molecule has 31 heavy (non-hydrogen) atoms. The van der Waals surface area contributed by atoms with Gasteiger partial charge in [0.1, 0.15) is 0 Å². The Morgan fingerprint density at radius 3 is 2.58 bits per heavy atom. The predicted octanol–water partition coefficient (Wildman–Crippen LogP) is 3.22. The topological polar surface area (TPSA) is 86.1 Å². The van der Waals surface area contributed by atoms with E-state index in [2.05, 4.69) is 35.3 Å². The van der Waals surface area contributed by atoms with Crippen LogP contribution in [0.5, 0.6) is 0 Å². The van der Waals surface area contributed by atoms with Crippen molar-refractivity contribution in [3.63, 3.8) is 0 Å². The molecule has 0 N–H and O–H groups in total. The van der Waals surface area contributed by atoms with Gasteiger partial charge in [-0.05, 0) is 18.9 Å². The van der Waals surface area contributed by atoms with Crippen LogP contribution in [0.2, 0.25) is 0 Å². The second-order valence-corrected chi connectivity index (χ2v) is 8.10. The van der Waals surface area contributed by atoms with Crippen molar-refractivity contribution in [3.8, 4) is 22.5 Å². The van der Waals surface area contributed by atoms with Gasteiger partial charge in [0.25, 0.3) is 0 Å². The lowest BCUT2D eigenvalue weighted by atomic mass is 10.1. The summed E-state index contributed by atoms with van der Waals surface area (Å²) >= 11 is 0. The number of aromatic nitrogens is 7. The minimum absolute atomic E-state index is 0.105. The zero-order valence-electron chi connectivity index (χ0n) is 18.0. The van der Waals surface area contributed by atoms with Crippen molar-refractivity contribution in [2.24, 2.45) is 0 Å². The lowest BCUT2D eigenvalue weighted by Crippen LogP contribution is -2.49. The Labute approximate surface area is 180 Å². The number of fused-ring (bicyclic) bond motifs is 1. The molecule has 1 fully saturated rings. The molecule has 0 atom stereocenters. The molecule has 0 radical (unpaired) electrons. The molecule has 1 saturated heterocycles. The maximum Gasteiger partial charge on any atom is 0.219 e. The number of likely N-dealkylation sites (tertiary alicyclic amines) is 1. The first-order valence-corrected chi connectivity index (χ1v) is 10.8. The maximum absolute atomic E-state index is 11.5. The predicted molar refractivity (Wildman–Crippen MR) is 116 cm³/mol. The fourth-order valence-electron chi connectivity index (χ4n) is 4.15. The summed E-state index contributed by atoms with van der Waals surface area (Å²) in [5, 5.41) is 13.6. The van der Waals surface area contributed by atoms with E-state index in [1.807, 2.05) is 49.6 Å². The van der Waals surface area contributed by atoms with Crippen LogP contribution in [0, 0.1) is 0 Å². The van der Waals surface area contributed by atoms with E-state index >= 15 is 0 Å². The summed E-state index contributed by atoms with van der Waals surface area (Å²) in [6.07, 6.45) is 13.6. The Bertz CT molecular complexity index is 1230. The van der Waals surface area contributed by atoms with Crippen molar-refractivity contribution in [3.05, 3.63) is 43.2 Å². The van der Waals surface area contributed by atoms with Crippen LogP contribution < -0.4 is 0 Å². The molecule has 0 unspecified atom stereocenters. The van der Waals surface area contributed by atoms with Crippen molar-refractivity contribution >= 4 is 11.4 Å². The maximum atomic E-state index is 11.5. The molecule has 9 nitrogen and oxygen atoms in total. The third kappa shape index (κ3) is 3.39. The van der Waals surface area contributed by atoms with E-state index in [-0.39, 0.29) is 11.9 Å². The lowest BCUT2D eigenvalue weighted by molar-refractivity contribution is -0.134. The fourth-order valence-corrected chi connectivity index (χ4v) is 4.15. The zero-order chi connectivity index (χ0) is 21.5. The highest BCUT2D eigenvalue weighted by Crippen LogP contribution is 2.29. The molecule has 160 valence electrons. The smallest absolute Gasteiger partial charge is 0.219 e. The number of rotatable bonds is 6. The van der Waals surface area contributed by atoms with E-state index in [0.717, 1.165) is 40.9 Å². The first-order chi connectivity index (χ1) is 15.1. The molecular formula is C22H26N8O. The minimum Gasteiger partial charge on any atom is -0.339 e. The van der Waals surface area contributed by atoms with Crippen LogP contribution in [0.1, 0.15) is 45.7 Å². The van der Waals surface area contributed by atoms with E-state index in [1.54, 1.807) is 13.1 Å². The number of nitrogens with zero attached hydrogens (tertiary/aromatic N) is 8. The van der Waals surface area contributed by atoms with Crippen molar-refractivity contribution < 1.29 is 4.79 Å². The van der Waals surface area contributed by atoms with Gasteiger partial charge in [-0.25, -0.2) is 9.50 Å². The van der Waals surface area contributed by atoms with Crippen LogP contribution in [-0.2, 0) is 4.79 Å². The number of carbonyl (C=O) groups excluding carboxylic acids is 1. The second-order valence-electron chi connectivity index (χ2n) is 8.10. The molecule has 4 aromatic heterocycles. The van der Waals surface area contributed by atoms with Crippen molar-refractivity contribution in [2.45, 2.75) is 45.7 Å². The van der Waals surface area contributed by atoms with Crippen LogP contribution >= 0.6 is 0 Å². The van der Waals surface area contributed by atoms with Gasteiger partial charge in [-0.2, -0.15) is 15.3 Å². The average Bonchev–Trinajstić information content (AvgIpc) is 3.47. The van der Waals surface area contributed by atoms with Gasteiger partial charge in [0, 0.05) is 43.5 Å². The highest BCUT2D eigenvalue weighted by atomic mass is 16.2. The molecule has 0 spiro atoms. The highest BCUT2D eigenvalue weighted by molar-refractivity contribution is 5.78. The van der Waals surface area contributed by atoms with Gasteiger partial charge in [-0.1, -0.05) is 13.8 Å². The molecule has 1 amide bonds. The minimum atomic E-state index is 0.105. The quantitative estimate of drug-likeness (QED) is 0.480. The van der Waals surface area contributed by atoms with Crippen LogP contribution in [0.3, 0.4) is 0 Å². The van der Waals surface area contributed by atoms with Crippen LogP contribution in [0.25, 0.3) is 28.0 Å². The monoisotopic (exact) mass is 418 g/mol. The summed E-state index contributed by atoms with van der Waals surface area (Å²) in [4.78, 5) is 18.2. The van der Waals surface area contributed by atoms with Crippen LogP contribution in [0.4, 0.5) is 0 Å². The Balaban J connectivity index is 1.49. The van der Waals surface area contributed by atoms with Gasteiger partial charge < -0.3 is 4.90 Å². The normalized spacial score (nSPS) is 14.5. The Hall–Kier alpha value is -3.49. The van der Waals surface area contributed by atoms with Gasteiger partial charge >= 0.3 is 0 Å². The highest BCUT2D eigenvalue weighted by Gasteiger charge is 2.30. The average molecular weight is 419 g/mol. The molecule has 0 bridgehead atoms. The van der Waals surface area contributed by atoms with Crippen LogP contribution in [-0.4, -0.2) is 58.1 Å². The van der Waals surface area contributed by atoms with Gasteiger partial charge in [0.15, 0.2) is 0 Å². The van der Waals surface area contributed by atoms with Crippen molar-refractivity contribution in [1.82, 2.24) is 39.1 Å². The molecule has 4 aromatic rings. The largest absolute Gasteiger partial charge is 0.339 e. The summed E-state index contributed by atoms with van der Waals surface area (Å²) in [7, 11) is 0. The fraction of sp³-hybridized carbons (Fsp3) is 0.409. The van der Waals surface area contributed by atoms with Gasteiger partial charge in [-0.3, -0.25) is 14.2 Å². The van der Waals surface area contributed by atoms with Gasteiger partial charge in [0.05, 0.1) is 53.8 Å². The lowest BCUT2D eigenvalue weighted by Gasteiger charge is -2.38. The van der Waals surface area contributed by atoms with E-state index in [4.69, 9.17) is 4.98 Å². The van der Waals surface area contributed by atoms with Crippen molar-refractivity contribution in [2.75, 3.05) is 13.1 Å². The molecule has 0 saturated carbocycles. The van der Waals surface area contributed by atoms with Gasteiger partial charge in [0.2, 0.25) is 5.91 Å². The van der Waals surface area contributed by atoms with E-state index in [1.165, 1.54) is 0 Å². The second kappa shape index (κ2) is 7.64. The molecule has 1 aliphatic rings. The summed E-state index contributed by atoms with van der Waals surface area (Å²) in [6, 6.07) is 2.56. The van der Waals surface area contributed by atoms with Gasteiger partial charge in [-0.15, -0.1) is 0 Å². The SMILES string of the molecule is CCC(CC)n1cc(-c2nc(-c3cnn(C4CN(C(C)=O)C4)c3)cn3nccc23)cn1. The van der Waals surface area contributed by atoms with Crippen molar-refractivity contribution in [1.29, 1.82) is 0 Å². The van der Waals surface area contributed by atoms with E-state index in [9.17, 15) is 4.79 Å². The Morgan fingerprint density at radius 1 is 1.06 bits per heavy atom. The number of hydrogen-bond donors (Lipinski definition) is 0. The first-order valence-electron chi connectivity index (χ1n) is 10.8. The standard InChI is InChI=1S/C22H26N8O/c1-4-18(5-2)28-11-17(9-25-28)22-21-6-7-23-30(21)14-20(26-22)16-8-24-29(10-16)19-12-27(13-19)15(3)31/h6-11,14,18-19H,4-5,12-13H2,1-3H3. The molecule has 5 rings (SSSR count). The Kier molecular flexibility index (Phi) is 4.80. The number of carbonyl (C=O) groups is 1. The molecule has 0 aliphatic carbocycles. The third-order valence-corrected chi connectivity index (χ3v) is 6.16. The number of hydrogen-bond acceptors (Lipinski definition) is 5. The molecular weight excluding hydrogens is 392 g/mol. The summed E-state index contributed by atoms with van der Waals surface area (Å²) in [5.41, 5.74) is 4.49. The zero-order valence-corrected chi connectivity index (χ0v) is 18.0. The van der Waals surface area contributed by atoms with Crippen LogP contribution in [0.15, 0.2) is 43.2 Å². The molecule has 0 aromatic carbocycles.